The monoisotopic (exact) mass is 654 g/mol. The van der Waals surface area contributed by atoms with E-state index in [9.17, 15) is 0 Å². The first-order valence-electron chi connectivity index (χ1n) is 18.5. The van der Waals surface area contributed by atoms with Gasteiger partial charge in [0.2, 0.25) is 0 Å². The van der Waals surface area contributed by atoms with E-state index in [2.05, 4.69) is 86.9 Å². The van der Waals surface area contributed by atoms with E-state index in [0.29, 0.717) is 0 Å². The normalized spacial score (nSPS) is 11.5. The lowest BCUT2D eigenvalue weighted by Crippen LogP contribution is -1.92. The van der Waals surface area contributed by atoms with Crippen LogP contribution in [0.4, 0.5) is 0 Å². The molecule has 0 N–H and O–H groups in total. The Bertz CT molecular complexity index is 590. The number of benzene rings is 1. The van der Waals surface area contributed by atoms with Crippen molar-refractivity contribution in [2.45, 2.75) is 201 Å². The summed E-state index contributed by atoms with van der Waals surface area (Å²) in [4.78, 5) is 6.31. The molecular formula is C38H70S4. The number of hydrogen-bond donors (Lipinski definition) is 0. The molecule has 0 nitrogen and oxygen atoms in total. The van der Waals surface area contributed by atoms with Gasteiger partial charge in [-0.2, -0.15) is 0 Å². The van der Waals surface area contributed by atoms with Crippen molar-refractivity contribution in [3.63, 3.8) is 0 Å². The molecule has 0 heterocycles. The first-order chi connectivity index (χ1) is 20.8. The average molecular weight is 655 g/mol. The van der Waals surface area contributed by atoms with Gasteiger partial charge in [0.1, 0.15) is 0 Å². The standard InChI is InChI=1S/C38H70S4/c1-5-9-13-17-21-25-29-39-35-33-37(41-31-27-23-19-15-11-7-3)38(42-32-28-24-20-16-12-8-4)34-36(35)40-30-26-22-18-14-10-6-2/h33-34H,5-32H2,1-4H3. The molecule has 0 aliphatic heterocycles. The third-order valence-electron chi connectivity index (χ3n) is 8.03. The van der Waals surface area contributed by atoms with Crippen molar-refractivity contribution < 1.29 is 0 Å². The molecule has 1 aromatic rings. The molecule has 0 spiro atoms. The molecule has 246 valence electrons. The van der Waals surface area contributed by atoms with E-state index in [1.165, 1.54) is 177 Å². The minimum atomic E-state index is 1.28. The van der Waals surface area contributed by atoms with Gasteiger partial charge in [0.15, 0.2) is 0 Å². The fourth-order valence-corrected chi connectivity index (χ4v) is 9.97. The predicted molar refractivity (Wildman–Crippen MR) is 203 cm³/mol. The van der Waals surface area contributed by atoms with Gasteiger partial charge in [0.05, 0.1) is 0 Å². The summed E-state index contributed by atoms with van der Waals surface area (Å²) in [6, 6.07) is 5.24. The number of hydrogen-bond acceptors (Lipinski definition) is 4. The van der Waals surface area contributed by atoms with Crippen molar-refractivity contribution >= 4 is 47.0 Å². The molecule has 0 aromatic heterocycles. The second-order valence-electron chi connectivity index (χ2n) is 12.2. The molecule has 0 radical (unpaired) electrons. The van der Waals surface area contributed by atoms with Gasteiger partial charge in [-0.15, -0.1) is 47.0 Å². The summed E-state index contributed by atoms with van der Waals surface area (Å²) < 4.78 is 0. The summed E-state index contributed by atoms with van der Waals surface area (Å²) in [5.74, 6) is 5.12. The van der Waals surface area contributed by atoms with Crippen molar-refractivity contribution in [2.24, 2.45) is 0 Å². The zero-order chi connectivity index (χ0) is 30.4. The van der Waals surface area contributed by atoms with Crippen LogP contribution in [0.25, 0.3) is 0 Å². The molecule has 0 saturated heterocycles. The quantitative estimate of drug-likeness (QED) is 0.0560. The Kier molecular flexibility index (Phi) is 30.6. The molecule has 0 fully saturated rings. The Morgan fingerprint density at radius 1 is 0.286 bits per heavy atom. The predicted octanol–water partition coefficient (Wildman–Crippen LogP) is 15.5. The maximum atomic E-state index is 2.62. The summed E-state index contributed by atoms with van der Waals surface area (Å²) in [5.41, 5.74) is 0. The van der Waals surface area contributed by atoms with Gasteiger partial charge >= 0.3 is 0 Å². The lowest BCUT2D eigenvalue weighted by Gasteiger charge is -2.16. The molecule has 0 atom stereocenters. The summed E-state index contributed by atoms with van der Waals surface area (Å²) in [5, 5.41) is 0. The maximum absolute atomic E-state index is 2.62. The Morgan fingerprint density at radius 2 is 0.476 bits per heavy atom. The third-order valence-corrected chi connectivity index (χ3v) is 12.9. The van der Waals surface area contributed by atoms with Crippen LogP contribution < -0.4 is 0 Å². The van der Waals surface area contributed by atoms with Crippen LogP contribution in [0.15, 0.2) is 31.7 Å². The average Bonchev–Trinajstić information content (AvgIpc) is 3.00. The summed E-state index contributed by atoms with van der Waals surface area (Å²) >= 11 is 8.63. The molecular weight excluding hydrogens is 585 g/mol. The Morgan fingerprint density at radius 3 is 0.690 bits per heavy atom. The first-order valence-corrected chi connectivity index (χ1v) is 22.4. The smallest absolute Gasteiger partial charge is 0.0220 e. The minimum absolute atomic E-state index is 1.28. The maximum Gasteiger partial charge on any atom is 0.0220 e. The molecule has 0 amide bonds. The molecule has 0 aliphatic rings. The molecule has 0 unspecified atom stereocenters. The van der Waals surface area contributed by atoms with E-state index in [1.54, 1.807) is 19.6 Å². The van der Waals surface area contributed by atoms with E-state index < -0.39 is 0 Å². The molecule has 1 aromatic carbocycles. The summed E-state index contributed by atoms with van der Waals surface area (Å²) in [6.45, 7) is 9.27. The van der Waals surface area contributed by atoms with Crippen molar-refractivity contribution in [2.75, 3.05) is 23.0 Å². The third kappa shape index (κ3) is 23.0. The highest BCUT2D eigenvalue weighted by Crippen LogP contribution is 2.42. The van der Waals surface area contributed by atoms with Crippen LogP contribution in [0.2, 0.25) is 0 Å². The van der Waals surface area contributed by atoms with Crippen molar-refractivity contribution in [1.29, 1.82) is 0 Å². The van der Waals surface area contributed by atoms with Gasteiger partial charge in [-0.3, -0.25) is 0 Å². The van der Waals surface area contributed by atoms with Gasteiger partial charge < -0.3 is 0 Å². The van der Waals surface area contributed by atoms with E-state index >= 15 is 0 Å². The fraction of sp³-hybridized carbons (Fsp3) is 0.842. The largest absolute Gasteiger partial charge is 0.125 e. The first kappa shape index (κ1) is 40.6. The summed E-state index contributed by atoms with van der Waals surface area (Å²) in [7, 11) is 0. The van der Waals surface area contributed by atoms with Crippen molar-refractivity contribution in [3.8, 4) is 0 Å². The lowest BCUT2D eigenvalue weighted by molar-refractivity contribution is 0.626. The number of thioether (sulfide) groups is 4. The van der Waals surface area contributed by atoms with Crippen LogP contribution in [-0.2, 0) is 0 Å². The molecule has 0 aliphatic carbocycles. The van der Waals surface area contributed by atoms with E-state index in [1.807, 2.05) is 0 Å². The molecule has 0 bridgehead atoms. The number of unbranched alkanes of at least 4 members (excludes halogenated alkanes) is 20. The van der Waals surface area contributed by atoms with E-state index in [-0.39, 0.29) is 0 Å². The zero-order valence-electron chi connectivity index (χ0n) is 28.6. The molecule has 4 heteroatoms. The minimum Gasteiger partial charge on any atom is -0.125 e. The van der Waals surface area contributed by atoms with Crippen molar-refractivity contribution in [1.82, 2.24) is 0 Å². The second-order valence-corrected chi connectivity index (χ2v) is 16.8. The van der Waals surface area contributed by atoms with Crippen LogP contribution in [0.5, 0.6) is 0 Å². The SMILES string of the molecule is CCCCCCCCSc1cc(SCCCCCCCC)c(SCCCCCCCC)cc1SCCCCCCCC. The fourth-order valence-electron chi connectivity index (χ4n) is 5.23. The lowest BCUT2D eigenvalue weighted by atomic mass is 10.1. The van der Waals surface area contributed by atoms with Gasteiger partial charge in [0, 0.05) is 19.6 Å². The van der Waals surface area contributed by atoms with Gasteiger partial charge in [-0.05, 0) is 60.8 Å². The Labute approximate surface area is 282 Å². The Balaban J connectivity index is 2.84. The van der Waals surface area contributed by atoms with Crippen LogP contribution in [0.3, 0.4) is 0 Å². The van der Waals surface area contributed by atoms with Crippen molar-refractivity contribution in [3.05, 3.63) is 12.1 Å². The Hall–Kier alpha value is 0.620. The van der Waals surface area contributed by atoms with Crippen LogP contribution in [0, 0.1) is 0 Å². The number of rotatable bonds is 32. The van der Waals surface area contributed by atoms with Crippen LogP contribution >= 0.6 is 47.0 Å². The molecule has 1 rings (SSSR count). The summed E-state index contributed by atoms with van der Waals surface area (Å²) in [6.07, 6.45) is 33.4. The van der Waals surface area contributed by atoms with Crippen LogP contribution in [0.1, 0.15) is 182 Å². The van der Waals surface area contributed by atoms with Gasteiger partial charge in [-0.25, -0.2) is 0 Å². The van der Waals surface area contributed by atoms with E-state index in [0.717, 1.165) is 0 Å². The second kappa shape index (κ2) is 31.6. The van der Waals surface area contributed by atoms with Gasteiger partial charge in [-0.1, -0.05) is 156 Å². The highest BCUT2D eigenvalue weighted by atomic mass is 32.2. The topological polar surface area (TPSA) is 0 Å². The van der Waals surface area contributed by atoms with Crippen LogP contribution in [-0.4, -0.2) is 23.0 Å². The van der Waals surface area contributed by atoms with E-state index in [4.69, 9.17) is 0 Å². The van der Waals surface area contributed by atoms with Gasteiger partial charge in [0.25, 0.3) is 0 Å². The highest BCUT2D eigenvalue weighted by Gasteiger charge is 2.13. The highest BCUT2D eigenvalue weighted by molar-refractivity contribution is 8.03. The zero-order valence-corrected chi connectivity index (χ0v) is 31.9. The molecule has 0 saturated carbocycles. The molecule has 42 heavy (non-hydrogen) atoms.